The van der Waals surface area contributed by atoms with E-state index in [4.69, 9.17) is 5.73 Å². The standard InChI is InChI=1S/C14H19N3O2S2/c1-4-11-5-6-12(15)7-14(11)21(18,19)17(3)9-13-8-16-10(2)20-13/h5-8H,4,9,15H2,1-3H3. The monoisotopic (exact) mass is 325 g/mol. The second-order valence-corrected chi connectivity index (χ2v) is 8.16. The van der Waals surface area contributed by atoms with Gasteiger partial charge < -0.3 is 5.73 Å². The predicted octanol–water partition coefficient (Wildman–Crippen LogP) is 2.42. The van der Waals surface area contributed by atoms with Crippen LogP contribution in [-0.2, 0) is 23.0 Å². The molecule has 0 unspecified atom stereocenters. The van der Waals surface area contributed by atoms with Crippen molar-refractivity contribution in [1.82, 2.24) is 9.29 Å². The van der Waals surface area contributed by atoms with Crippen LogP contribution in [0, 0.1) is 6.92 Å². The maximum absolute atomic E-state index is 12.7. The zero-order valence-electron chi connectivity index (χ0n) is 12.3. The molecule has 1 aromatic heterocycles. The highest BCUT2D eigenvalue weighted by molar-refractivity contribution is 7.89. The minimum Gasteiger partial charge on any atom is -0.399 e. The molecule has 2 rings (SSSR count). The topological polar surface area (TPSA) is 76.3 Å². The molecule has 0 saturated heterocycles. The largest absolute Gasteiger partial charge is 0.399 e. The number of benzene rings is 1. The van der Waals surface area contributed by atoms with Gasteiger partial charge in [0.1, 0.15) is 0 Å². The lowest BCUT2D eigenvalue weighted by Crippen LogP contribution is -2.27. The molecule has 0 atom stereocenters. The van der Waals surface area contributed by atoms with Gasteiger partial charge >= 0.3 is 0 Å². The fourth-order valence-electron chi connectivity index (χ4n) is 2.05. The van der Waals surface area contributed by atoms with Gasteiger partial charge in [0.25, 0.3) is 0 Å². The van der Waals surface area contributed by atoms with Crippen LogP contribution in [0.15, 0.2) is 29.3 Å². The van der Waals surface area contributed by atoms with Crippen LogP contribution in [0.5, 0.6) is 0 Å². The number of aryl methyl sites for hydroxylation is 2. The van der Waals surface area contributed by atoms with E-state index in [2.05, 4.69) is 4.98 Å². The van der Waals surface area contributed by atoms with Crippen molar-refractivity contribution in [2.24, 2.45) is 0 Å². The first-order chi connectivity index (χ1) is 9.84. The lowest BCUT2D eigenvalue weighted by atomic mass is 10.1. The van der Waals surface area contributed by atoms with E-state index in [1.54, 1.807) is 25.4 Å². The van der Waals surface area contributed by atoms with Crippen LogP contribution in [-0.4, -0.2) is 24.8 Å². The van der Waals surface area contributed by atoms with E-state index in [0.29, 0.717) is 18.7 Å². The first-order valence-electron chi connectivity index (χ1n) is 6.60. The van der Waals surface area contributed by atoms with Crippen molar-refractivity contribution in [2.75, 3.05) is 12.8 Å². The lowest BCUT2D eigenvalue weighted by Gasteiger charge is -2.18. The normalized spacial score (nSPS) is 12.0. The van der Waals surface area contributed by atoms with Crippen molar-refractivity contribution in [2.45, 2.75) is 31.7 Å². The SMILES string of the molecule is CCc1ccc(N)cc1S(=O)(=O)N(C)Cc1cnc(C)s1. The van der Waals surface area contributed by atoms with Crippen LogP contribution >= 0.6 is 11.3 Å². The number of hydrogen-bond donors (Lipinski definition) is 1. The third-order valence-electron chi connectivity index (χ3n) is 3.21. The van der Waals surface area contributed by atoms with Crippen LogP contribution in [0.2, 0.25) is 0 Å². The summed E-state index contributed by atoms with van der Waals surface area (Å²) in [4.78, 5) is 5.35. The molecule has 0 radical (unpaired) electrons. The molecule has 1 aromatic carbocycles. The molecule has 21 heavy (non-hydrogen) atoms. The Kier molecular flexibility index (Phi) is 4.65. The van der Waals surface area contributed by atoms with Gasteiger partial charge in [0.15, 0.2) is 0 Å². The molecule has 0 fully saturated rings. The number of sulfonamides is 1. The number of nitrogen functional groups attached to an aromatic ring is 1. The Morgan fingerprint density at radius 3 is 2.67 bits per heavy atom. The first-order valence-corrected chi connectivity index (χ1v) is 8.86. The lowest BCUT2D eigenvalue weighted by molar-refractivity contribution is 0.468. The van der Waals surface area contributed by atoms with Gasteiger partial charge in [-0.2, -0.15) is 4.31 Å². The smallest absolute Gasteiger partial charge is 0.243 e. The molecule has 1 heterocycles. The maximum Gasteiger partial charge on any atom is 0.243 e. The summed E-state index contributed by atoms with van der Waals surface area (Å²) >= 11 is 1.50. The summed E-state index contributed by atoms with van der Waals surface area (Å²) in [5, 5.41) is 0.925. The molecule has 0 amide bonds. The van der Waals surface area contributed by atoms with E-state index in [1.165, 1.54) is 21.7 Å². The van der Waals surface area contributed by atoms with Crippen LogP contribution in [0.25, 0.3) is 0 Å². The third kappa shape index (κ3) is 3.42. The summed E-state index contributed by atoms with van der Waals surface area (Å²) in [5.74, 6) is 0. The molecule has 2 aromatic rings. The van der Waals surface area contributed by atoms with Crippen molar-refractivity contribution in [3.8, 4) is 0 Å². The Bertz CT molecular complexity index is 738. The Balaban J connectivity index is 2.35. The van der Waals surface area contributed by atoms with Crippen LogP contribution in [0.3, 0.4) is 0 Å². The van der Waals surface area contributed by atoms with Crippen LogP contribution < -0.4 is 5.73 Å². The third-order valence-corrected chi connectivity index (χ3v) is 5.99. The molecular weight excluding hydrogens is 306 g/mol. The van der Waals surface area contributed by atoms with Crippen LogP contribution in [0.4, 0.5) is 5.69 Å². The number of nitrogens with two attached hydrogens (primary N) is 1. The molecule has 0 bridgehead atoms. The zero-order valence-corrected chi connectivity index (χ0v) is 14.0. The number of aromatic nitrogens is 1. The second-order valence-electron chi connectivity index (χ2n) is 4.83. The molecular formula is C14H19N3O2S2. The Morgan fingerprint density at radius 1 is 1.38 bits per heavy atom. The summed E-state index contributed by atoms with van der Waals surface area (Å²) < 4.78 is 26.8. The van der Waals surface area contributed by atoms with E-state index < -0.39 is 10.0 Å². The summed E-state index contributed by atoms with van der Waals surface area (Å²) in [7, 11) is -1.98. The molecule has 0 spiro atoms. The zero-order chi connectivity index (χ0) is 15.6. The number of hydrogen-bond acceptors (Lipinski definition) is 5. The summed E-state index contributed by atoms with van der Waals surface area (Å²) in [6.45, 7) is 4.14. The van der Waals surface area contributed by atoms with Gasteiger partial charge in [-0.3, -0.25) is 0 Å². The quantitative estimate of drug-likeness (QED) is 0.857. The van der Waals surface area contributed by atoms with Crippen LogP contribution in [0.1, 0.15) is 22.4 Å². The molecule has 0 aliphatic heterocycles. The van der Waals surface area contributed by atoms with Gasteiger partial charge in [0.05, 0.1) is 9.90 Å². The van der Waals surface area contributed by atoms with Crippen molar-refractivity contribution in [1.29, 1.82) is 0 Å². The summed E-state index contributed by atoms with van der Waals surface area (Å²) in [6.07, 6.45) is 2.36. The van der Waals surface area contributed by atoms with Gasteiger partial charge in [-0.05, 0) is 31.0 Å². The Hall–Kier alpha value is -1.44. The highest BCUT2D eigenvalue weighted by Gasteiger charge is 2.24. The van der Waals surface area contributed by atoms with Gasteiger partial charge in [0, 0.05) is 30.4 Å². The van der Waals surface area contributed by atoms with E-state index in [9.17, 15) is 8.42 Å². The number of thiazole rings is 1. The van der Waals surface area contributed by atoms with Gasteiger partial charge in [-0.1, -0.05) is 13.0 Å². The van der Waals surface area contributed by atoms with Crippen molar-refractivity contribution >= 4 is 27.0 Å². The number of rotatable bonds is 5. The molecule has 114 valence electrons. The van der Waals surface area contributed by atoms with E-state index in [0.717, 1.165) is 15.4 Å². The summed E-state index contributed by atoms with van der Waals surface area (Å²) in [6, 6.07) is 5.03. The fraction of sp³-hybridized carbons (Fsp3) is 0.357. The predicted molar refractivity (Wildman–Crippen MR) is 85.7 cm³/mol. The maximum atomic E-state index is 12.7. The average Bonchev–Trinajstić information content (AvgIpc) is 2.84. The highest BCUT2D eigenvalue weighted by Crippen LogP contribution is 2.24. The molecule has 5 nitrogen and oxygen atoms in total. The Morgan fingerprint density at radius 2 is 2.10 bits per heavy atom. The Labute approximate surface area is 129 Å². The number of nitrogens with zero attached hydrogens (tertiary/aromatic N) is 2. The summed E-state index contributed by atoms with van der Waals surface area (Å²) in [5.41, 5.74) is 6.97. The van der Waals surface area contributed by atoms with Crippen molar-refractivity contribution in [3.63, 3.8) is 0 Å². The minimum absolute atomic E-state index is 0.286. The van der Waals surface area contributed by atoms with E-state index >= 15 is 0 Å². The average molecular weight is 325 g/mol. The van der Waals surface area contributed by atoms with Crippen molar-refractivity contribution in [3.05, 3.63) is 39.8 Å². The number of anilines is 1. The molecule has 7 heteroatoms. The molecule has 0 saturated carbocycles. The minimum atomic E-state index is -3.56. The fourth-order valence-corrected chi connectivity index (χ4v) is 4.46. The van der Waals surface area contributed by atoms with Gasteiger partial charge in [0.2, 0.25) is 10.0 Å². The highest BCUT2D eigenvalue weighted by atomic mass is 32.2. The first kappa shape index (κ1) is 15.9. The van der Waals surface area contributed by atoms with Crippen molar-refractivity contribution < 1.29 is 8.42 Å². The molecule has 0 aliphatic carbocycles. The van der Waals surface area contributed by atoms with Gasteiger partial charge in [-0.15, -0.1) is 11.3 Å². The van der Waals surface area contributed by atoms with E-state index in [1.807, 2.05) is 13.8 Å². The molecule has 0 aliphatic rings. The molecule has 2 N–H and O–H groups in total. The second kappa shape index (κ2) is 6.13. The van der Waals surface area contributed by atoms with E-state index in [-0.39, 0.29) is 4.90 Å². The van der Waals surface area contributed by atoms with Gasteiger partial charge in [-0.25, -0.2) is 13.4 Å².